The number of fused-ring (bicyclic) bond motifs is 7. The van der Waals surface area contributed by atoms with E-state index >= 15 is 0 Å². The van der Waals surface area contributed by atoms with E-state index in [1.54, 1.807) is 0 Å². The van der Waals surface area contributed by atoms with Gasteiger partial charge in [0.05, 0.1) is 27.6 Å². The number of hydrogen-bond donors (Lipinski definition) is 0. The van der Waals surface area contributed by atoms with E-state index in [1.807, 2.05) is 0 Å². The van der Waals surface area contributed by atoms with Crippen molar-refractivity contribution < 1.29 is 0 Å². The van der Waals surface area contributed by atoms with Gasteiger partial charge in [-0.2, -0.15) is 0 Å². The van der Waals surface area contributed by atoms with Crippen LogP contribution >= 0.6 is 0 Å². The molecular weight excluding hydrogens is 581 g/mol. The monoisotopic (exact) mass is 612 g/mol. The van der Waals surface area contributed by atoms with Crippen molar-refractivity contribution in [3.63, 3.8) is 0 Å². The second-order valence-electron chi connectivity index (χ2n) is 13.6. The Morgan fingerprint density at radius 1 is 0.375 bits per heavy atom. The van der Waals surface area contributed by atoms with E-state index in [9.17, 15) is 0 Å². The Bertz CT molecular complexity index is 2870. The van der Waals surface area contributed by atoms with E-state index in [2.05, 4.69) is 155 Å². The van der Waals surface area contributed by atoms with E-state index in [-0.39, 0.29) is 0 Å². The minimum Gasteiger partial charge on any atom is -0.309 e. The summed E-state index contributed by atoms with van der Waals surface area (Å²) in [7, 11) is 0. The van der Waals surface area contributed by atoms with Crippen molar-refractivity contribution in [2.45, 2.75) is 25.7 Å². The predicted octanol–water partition coefficient (Wildman–Crippen LogP) is 11.5. The van der Waals surface area contributed by atoms with Gasteiger partial charge in [-0.1, -0.05) is 115 Å². The molecule has 0 spiro atoms. The Hall–Kier alpha value is -5.86. The SMILES string of the molecule is c1ccc(-c2cccc(-n3c4cc5c6cccc7c8ccccc8n(c5cc4c4c5ccc(c43)CCc3ccc(cc3)CC5)c76)c2)cc1. The van der Waals surface area contributed by atoms with Gasteiger partial charge in [0, 0.05) is 38.0 Å². The largest absolute Gasteiger partial charge is 0.309 e. The zero-order valence-corrected chi connectivity index (χ0v) is 26.6. The first kappa shape index (κ1) is 26.2. The standard InChI is InChI=1S/C46H32N2/c1-2-8-31(9-3-1)34-10-6-11-35(26-34)47-43-27-39-38-14-7-13-37-36-12-4-5-15-41(36)48(46(37)38)42(39)28-40(43)44-32-22-20-29-16-18-30(19-17-29)21-23-33(25-24-32)45(44)47/h1-19,24-28H,20-23H2. The fourth-order valence-electron chi connectivity index (χ4n) is 8.77. The van der Waals surface area contributed by atoms with Crippen LogP contribution in [-0.2, 0) is 25.7 Å². The van der Waals surface area contributed by atoms with Crippen LogP contribution in [0.25, 0.3) is 76.7 Å². The van der Waals surface area contributed by atoms with Crippen LogP contribution in [0.1, 0.15) is 22.3 Å². The third-order valence-corrected chi connectivity index (χ3v) is 11.0. The Morgan fingerprint density at radius 3 is 1.85 bits per heavy atom. The summed E-state index contributed by atoms with van der Waals surface area (Å²) < 4.78 is 5.12. The zero-order chi connectivity index (χ0) is 31.3. The molecule has 2 heteroatoms. The first-order chi connectivity index (χ1) is 23.8. The molecule has 4 aliphatic rings. The molecule has 0 atom stereocenters. The van der Waals surface area contributed by atoms with Gasteiger partial charge in [-0.15, -0.1) is 0 Å². The van der Waals surface area contributed by atoms with E-state index in [1.165, 1.54) is 99.0 Å². The molecule has 48 heavy (non-hydrogen) atoms. The zero-order valence-electron chi connectivity index (χ0n) is 26.6. The molecule has 0 radical (unpaired) electrons. The molecule has 0 fully saturated rings. The maximum absolute atomic E-state index is 2.59. The summed E-state index contributed by atoms with van der Waals surface area (Å²) in [5.41, 5.74) is 15.9. The van der Waals surface area contributed by atoms with Gasteiger partial charge in [-0.05, 0) is 89.4 Å². The van der Waals surface area contributed by atoms with E-state index in [4.69, 9.17) is 0 Å². The lowest BCUT2D eigenvalue weighted by molar-refractivity contribution is 0.929. The van der Waals surface area contributed by atoms with Crippen molar-refractivity contribution in [1.82, 2.24) is 8.97 Å². The Morgan fingerprint density at radius 2 is 1.02 bits per heavy atom. The number of para-hydroxylation sites is 2. The van der Waals surface area contributed by atoms with Crippen LogP contribution in [0.5, 0.6) is 0 Å². The second kappa shape index (κ2) is 9.82. The molecule has 0 aliphatic heterocycles. The number of rotatable bonds is 2. The van der Waals surface area contributed by atoms with E-state index in [0.29, 0.717) is 0 Å². The van der Waals surface area contributed by atoms with Crippen molar-refractivity contribution in [2.75, 3.05) is 0 Å². The van der Waals surface area contributed by atoms with Crippen LogP contribution in [-0.4, -0.2) is 8.97 Å². The Balaban J connectivity index is 1.30. The number of nitrogens with zero attached hydrogens (tertiary/aromatic N) is 2. The van der Waals surface area contributed by atoms with Gasteiger partial charge in [0.15, 0.2) is 0 Å². The van der Waals surface area contributed by atoms with Crippen LogP contribution in [0.3, 0.4) is 0 Å². The highest BCUT2D eigenvalue weighted by atomic mass is 15.0. The molecule has 4 aliphatic carbocycles. The number of aryl methyl sites for hydroxylation is 4. The van der Waals surface area contributed by atoms with Crippen LogP contribution in [0.4, 0.5) is 0 Å². The smallest absolute Gasteiger partial charge is 0.0620 e. The van der Waals surface area contributed by atoms with Gasteiger partial charge < -0.3 is 8.97 Å². The molecule has 0 N–H and O–H groups in total. The summed E-state index contributed by atoms with van der Waals surface area (Å²) >= 11 is 0. The van der Waals surface area contributed by atoms with E-state index in [0.717, 1.165) is 25.7 Å². The fraction of sp³-hybridized carbons (Fsp3) is 0.0870. The minimum absolute atomic E-state index is 0.996. The lowest BCUT2D eigenvalue weighted by Gasteiger charge is -2.15. The van der Waals surface area contributed by atoms with Crippen LogP contribution in [0.15, 0.2) is 146 Å². The van der Waals surface area contributed by atoms with Gasteiger partial charge in [-0.3, -0.25) is 0 Å². The average Bonchev–Trinajstić information content (AvgIpc) is 3.77. The fourth-order valence-corrected chi connectivity index (χ4v) is 8.77. The Labute approximate surface area is 278 Å². The highest BCUT2D eigenvalue weighted by molar-refractivity contribution is 6.26. The number of hydrogen-bond acceptors (Lipinski definition) is 0. The van der Waals surface area contributed by atoms with Crippen molar-refractivity contribution in [3.05, 3.63) is 168 Å². The van der Waals surface area contributed by atoms with Gasteiger partial charge in [0.1, 0.15) is 0 Å². The molecular formula is C46H32N2. The molecule has 2 nitrogen and oxygen atoms in total. The van der Waals surface area contributed by atoms with Crippen molar-refractivity contribution in [1.29, 1.82) is 0 Å². The first-order valence-electron chi connectivity index (χ1n) is 17.2. The summed E-state index contributed by atoms with van der Waals surface area (Å²) in [6.07, 6.45) is 4.06. The topological polar surface area (TPSA) is 9.34 Å². The van der Waals surface area contributed by atoms with Gasteiger partial charge in [0.25, 0.3) is 0 Å². The molecule has 3 heterocycles. The van der Waals surface area contributed by atoms with Gasteiger partial charge in [0.2, 0.25) is 0 Å². The lowest BCUT2D eigenvalue weighted by atomic mass is 9.93. The third kappa shape index (κ3) is 3.63. The normalized spacial score (nSPS) is 13.5. The van der Waals surface area contributed by atoms with Gasteiger partial charge in [-0.25, -0.2) is 0 Å². The summed E-state index contributed by atoms with van der Waals surface area (Å²) in [6, 6.07) is 54.9. The quantitative estimate of drug-likeness (QED) is 0.184. The maximum Gasteiger partial charge on any atom is 0.0620 e. The highest BCUT2D eigenvalue weighted by Crippen LogP contribution is 2.44. The van der Waals surface area contributed by atoms with E-state index < -0.39 is 0 Å². The molecule has 0 saturated carbocycles. The molecule has 0 saturated heterocycles. The molecule has 226 valence electrons. The van der Waals surface area contributed by atoms with Crippen LogP contribution in [0, 0.1) is 0 Å². The number of benzene rings is 7. The number of aromatic nitrogens is 2. The van der Waals surface area contributed by atoms with Crippen LogP contribution < -0.4 is 0 Å². The van der Waals surface area contributed by atoms with Gasteiger partial charge >= 0.3 is 0 Å². The molecule has 4 bridgehead atoms. The predicted molar refractivity (Wildman–Crippen MR) is 202 cm³/mol. The molecule has 0 unspecified atom stereocenters. The van der Waals surface area contributed by atoms with Crippen molar-refractivity contribution >= 4 is 59.9 Å². The molecule has 10 aromatic rings. The molecule has 3 aromatic heterocycles. The third-order valence-electron chi connectivity index (χ3n) is 11.0. The Kier molecular flexibility index (Phi) is 5.37. The highest BCUT2D eigenvalue weighted by Gasteiger charge is 2.23. The van der Waals surface area contributed by atoms with Crippen LogP contribution in [0.2, 0.25) is 0 Å². The summed E-state index contributed by atoms with van der Waals surface area (Å²) in [5.74, 6) is 0. The second-order valence-corrected chi connectivity index (χ2v) is 13.6. The average molecular weight is 613 g/mol. The molecule has 0 amide bonds. The lowest BCUT2D eigenvalue weighted by Crippen LogP contribution is -2.02. The molecule has 7 aromatic carbocycles. The first-order valence-corrected chi connectivity index (χ1v) is 17.2. The molecule has 14 rings (SSSR count). The minimum atomic E-state index is 0.996. The van der Waals surface area contributed by atoms with Crippen molar-refractivity contribution in [2.24, 2.45) is 0 Å². The summed E-state index contributed by atoms with van der Waals surface area (Å²) in [6.45, 7) is 0. The summed E-state index contributed by atoms with van der Waals surface area (Å²) in [4.78, 5) is 0. The van der Waals surface area contributed by atoms with Crippen molar-refractivity contribution in [3.8, 4) is 16.8 Å². The summed E-state index contributed by atoms with van der Waals surface area (Å²) in [5, 5.41) is 8.04. The maximum atomic E-state index is 2.59.